The quantitative estimate of drug-likeness (QED) is 0.668. The van der Waals surface area contributed by atoms with Crippen LogP contribution in [0.15, 0.2) is 22.7 Å². The number of nitrogens with one attached hydrogen (secondary N) is 1. The van der Waals surface area contributed by atoms with Crippen LogP contribution in [0.5, 0.6) is 0 Å². The standard InChI is InChI=1S/C13H13ClN4O4/c1-3-10(12-15-7(2)22-17-12)16-13(19)8-4-5-11(18(20)21)9(14)6-8/h4-6,10H,3H2,1-2H3,(H,16,19)/t10-/m0/s1. The molecule has 1 N–H and O–H groups in total. The molecule has 1 atom stereocenters. The Labute approximate surface area is 130 Å². The number of aryl methyl sites for hydroxylation is 1. The molecule has 0 aliphatic heterocycles. The summed E-state index contributed by atoms with van der Waals surface area (Å²) in [5, 5.41) is 17.1. The summed E-state index contributed by atoms with van der Waals surface area (Å²) in [4.78, 5) is 26.4. The normalized spacial score (nSPS) is 12.0. The van der Waals surface area contributed by atoms with Crippen molar-refractivity contribution in [3.63, 3.8) is 0 Å². The summed E-state index contributed by atoms with van der Waals surface area (Å²) in [5.74, 6) is 0.355. The first-order chi connectivity index (χ1) is 10.4. The molecule has 0 saturated carbocycles. The van der Waals surface area contributed by atoms with Crippen LogP contribution in [0.2, 0.25) is 5.02 Å². The number of benzene rings is 1. The summed E-state index contributed by atoms with van der Waals surface area (Å²) in [6.07, 6.45) is 0.561. The van der Waals surface area contributed by atoms with E-state index in [0.717, 1.165) is 0 Å². The van der Waals surface area contributed by atoms with Crippen LogP contribution < -0.4 is 5.32 Å². The molecule has 1 heterocycles. The molecule has 0 aliphatic rings. The van der Waals surface area contributed by atoms with Crippen LogP contribution in [0, 0.1) is 17.0 Å². The van der Waals surface area contributed by atoms with E-state index in [-0.39, 0.29) is 16.3 Å². The Kier molecular flexibility index (Phi) is 4.71. The van der Waals surface area contributed by atoms with Crippen molar-refractivity contribution in [3.05, 3.63) is 50.6 Å². The van der Waals surface area contributed by atoms with Crippen molar-refractivity contribution >= 4 is 23.2 Å². The molecule has 0 radical (unpaired) electrons. The highest BCUT2D eigenvalue weighted by atomic mass is 35.5. The number of carbonyl (C=O) groups is 1. The fraction of sp³-hybridized carbons (Fsp3) is 0.308. The fourth-order valence-electron chi connectivity index (χ4n) is 1.84. The van der Waals surface area contributed by atoms with Gasteiger partial charge in [0, 0.05) is 18.6 Å². The Hall–Kier alpha value is -2.48. The van der Waals surface area contributed by atoms with Crippen molar-refractivity contribution in [3.8, 4) is 0 Å². The van der Waals surface area contributed by atoms with Gasteiger partial charge in [0.2, 0.25) is 5.89 Å². The van der Waals surface area contributed by atoms with Gasteiger partial charge in [-0.3, -0.25) is 14.9 Å². The zero-order valence-electron chi connectivity index (χ0n) is 11.9. The molecular weight excluding hydrogens is 312 g/mol. The van der Waals surface area contributed by atoms with Crippen LogP contribution in [-0.4, -0.2) is 21.0 Å². The van der Waals surface area contributed by atoms with Gasteiger partial charge in [-0.15, -0.1) is 0 Å². The second-order valence-corrected chi connectivity index (χ2v) is 4.94. The lowest BCUT2D eigenvalue weighted by Crippen LogP contribution is -2.28. The van der Waals surface area contributed by atoms with Crippen molar-refractivity contribution in [2.24, 2.45) is 0 Å². The molecule has 2 aromatic rings. The van der Waals surface area contributed by atoms with Crippen molar-refractivity contribution in [1.29, 1.82) is 0 Å². The topological polar surface area (TPSA) is 111 Å². The highest BCUT2D eigenvalue weighted by Gasteiger charge is 2.20. The van der Waals surface area contributed by atoms with Crippen molar-refractivity contribution in [2.45, 2.75) is 26.3 Å². The summed E-state index contributed by atoms with van der Waals surface area (Å²) >= 11 is 5.80. The average Bonchev–Trinajstić information content (AvgIpc) is 2.90. The minimum Gasteiger partial charge on any atom is -0.342 e. The van der Waals surface area contributed by atoms with E-state index in [2.05, 4.69) is 15.5 Å². The van der Waals surface area contributed by atoms with Gasteiger partial charge in [0.05, 0.1) is 11.0 Å². The van der Waals surface area contributed by atoms with Gasteiger partial charge in [-0.25, -0.2) is 0 Å². The molecule has 0 spiro atoms. The van der Waals surface area contributed by atoms with Crippen LogP contribution >= 0.6 is 11.6 Å². The largest absolute Gasteiger partial charge is 0.342 e. The van der Waals surface area contributed by atoms with E-state index in [4.69, 9.17) is 16.1 Å². The first-order valence-electron chi connectivity index (χ1n) is 6.47. The number of rotatable bonds is 5. The predicted molar refractivity (Wildman–Crippen MR) is 77.6 cm³/mol. The zero-order valence-corrected chi connectivity index (χ0v) is 12.6. The van der Waals surface area contributed by atoms with Crippen LogP contribution in [0.1, 0.15) is 41.5 Å². The summed E-state index contributed by atoms with van der Waals surface area (Å²) in [6, 6.07) is 3.37. The van der Waals surface area contributed by atoms with Gasteiger partial charge in [-0.1, -0.05) is 23.7 Å². The number of hydrogen-bond donors (Lipinski definition) is 1. The Bertz CT molecular complexity index is 716. The maximum atomic E-state index is 12.2. The molecule has 116 valence electrons. The SMILES string of the molecule is CC[C@H](NC(=O)c1ccc([N+](=O)[O-])c(Cl)c1)c1noc(C)n1. The molecule has 0 aliphatic carbocycles. The molecule has 1 aromatic carbocycles. The molecule has 0 bridgehead atoms. The first-order valence-corrected chi connectivity index (χ1v) is 6.85. The second-order valence-electron chi connectivity index (χ2n) is 4.53. The predicted octanol–water partition coefficient (Wildman–Crippen LogP) is 2.82. The van der Waals surface area contributed by atoms with Gasteiger partial charge in [0.15, 0.2) is 5.82 Å². The van der Waals surface area contributed by atoms with Crippen molar-refractivity contribution in [1.82, 2.24) is 15.5 Å². The van der Waals surface area contributed by atoms with Gasteiger partial charge in [-0.05, 0) is 18.6 Å². The molecule has 1 aromatic heterocycles. The third-order valence-electron chi connectivity index (χ3n) is 2.98. The third-order valence-corrected chi connectivity index (χ3v) is 3.28. The van der Waals surface area contributed by atoms with E-state index in [1.165, 1.54) is 18.2 Å². The van der Waals surface area contributed by atoms with Crippen LogP contribution in [0.4, 0.5) is 5.69 Å². The Morgan fingerprint density at radius 1 is 1.55 bits per heavy atom. The molecular formula is C13H13ClN4O4. The van der Waals surface area contributed by atoms with Crippen LogP contribution in [0.25, 0.3) is 0 Å². The summed E-state index contributed by atoms with van der Waals surface area (Å²) in [6.45, 7) is 3.51. The van der Waals surface area contributed by atoms with E-state index in [1.807, 2.05) is 6.92 Å². The highest BCUT2D eigenvalue weighted by Crippen LogP contribution is 2.25. The third kappa shape index (κ3) is 3.40. The first kappa shape index (κ1) is 15.9. The lowest BCUT2D eigenvalue weighted by Gasteiger charge is -2.13. The number of nitrogens with zero attached hydrogens (tertiary/aromatic N) is 3. The smallest absolute Gasteiger partial charge is 0.287 e. The van der Waals surface area contributed by atoms with Gasteiger partial charge >= 0.3 is 0 Å². The maximum Gasteiger partial charge on any atom is 0.287 e. The number of hydrogen-bond acceptors (Lipinski definition) is 6. The van der Waals surface area contributed by atoms with Crippen LogP contribution in [-0.2, 0) is 0 Å². The van der Waals surface area contributed by atoms with Gasteiger partial charge in [0.1, 0.15) is 5.02 Å². The van der Waals surface area contributed by atoms with E-state index >= 15 is 0 Å². The fourth-order valence-corrected chi connectivity index (χ4v) is 2.09. The molecule has 0 fully saturated rings. The molecule has 8 nitrogen and oxygen atoms in total. The number of halogens is 1. The number of carbonyl (C=O) groups excluding carboxylic acids is 1. The lowest BCUT2D eigenvalue weighted by atomic mass is 10.1. The molecule has 22 heavy (non-hydrogen) atoms. The van der Waals surface area contributed by atoms with Gasteiger partial charge in [-0.2, -0.15) is 4.98 Å². The second kappa shape index (κ2) is 6.52. The van der Waals surface area contributed by atoms with E-state index in [1.54, 1.807) is 6.92 Å². The molecule has 2 rings (SSSR count). The minimum atomic E-state index is -0.610. The molecule has 9 heteroatoms. The number of nitro benzene ring substituents is 1. The molecule has 1 amide bonds. The summed E-state index contributed by atoms with van der Waals surface area (Å²) in [7, 11) is 0. The number of amides is 1. The van der Waals surface area contributed by atoms with Gasteiger partial charge in [0.25, 0.3) is 11.6 Å². The molecule has 0 unspecified atom stereocenters. The van der Waals surface area contributed by atoms with E-state index in [0.29, 0.717) is 18.1 Å². The van der Waals surface area contributed by atoms with E-state index in [9.17, 15) is 14.9 Å². The van der Waals surface area contributed by atoms with E-state index < -0.39 is 16.9 Å². The number of aromatic nitrogens is 2. The minimum absolute atomic E-state index is 0.0962. The van der Waals surface area contributed by atoms with Crippen LogP contribution in [0.3, 0.4) is 0 Å². The zero-order chi connectivity index (χ0) is 16.3. The monoisotopic (exact) mass is 324 g/mol. The summed E-state index contributed by atoms with van der Waals surface area (Å²) < 4.78 is 4.89. The van der Waals surface area contributed by atoms with Crippen molar-refractivity contribution < 1.29 is 14.2 Å². The average molecular weight is 325 g/mol. The molecule has 0 saturated heterocycles. The van der Waals surface area contributed by atoms with Crippen molar-refractivity contribution in [2.75, 3.05) is 0 Å². The summed E-state index contributed by atoms with van der Waals surface area (Å²) in [5.41, 5.74) is -0.0340. The number of nitro groups is 1. The highest BCUT2D eigenvalue weighted by molar-refractivity contribution is 6.33. The Balaban J connectivity index is 2.17. The van der Waals surface area contributed by atoms with Gasteiger partial charge < -0.3 is 9.84 Å². The Morgan fingerprint density at radius 3 is 2.77 bits per heavy atom. The lowest BCUT2D eigenvalue weighted by molar-refractivity contribution is -0.384. The Morgan fingerprint density at radius 2 is 2.27 bits per heavy atom. The maximum absolute atomic E-state index is 12.2.